The lowest BCUT2D eigenvalue weighted by molar-refractivity contribution is 0.131. The number of halogens is 1. The number of ether oxygens (including phenoxy) is 1. The van der Waals surface area contributed by atoms with E-state index in [1.807, 2.05) is 18.2 Å². The standard InChI is InChI=1S/C13H12BrNO/c14-10-6-13-11(7-12(10)16-13)15-8-9-4-2-1-3-5-9/h1-6,12-13H,7-8H2. The van der Waals surface area contributed by atoms with E-state index in [9.17, 15) is 0 Å². The first-order chi connectivity index (χ1) is 7.83. The summed E-state index contributed by atoms with van der Waals surface area (Å²) in [4.78, 5) is 4.64. The number of hydrogen-bond donors (Lipinski definition) is 0. The van der Waals surface area contributed by atoms with Gasteiger partial charge in [-0.15, -0.1) is 0 Å². The van der Waals surface area contributed by atoms with Crippen molar-refractivity contribution >= 4 is 21.6 Å². The zero-order valence-corrected chi connectivity index (χ0v) is 10.4. The van der Waals surface area contributed by atoms with Crippen molar-refractivity contribution in [2.75, 3.05) is 0 Å². The Hall–Kier alpha value is -0.930. The molecule has 0 spiro atoms. The van der Waals surface area contributed by atoms with Gasteiger partial charge in [-0.25, -0.2) is 0 Å². The third-order valence-corrected chi connectivity index (χ3v) is 3.73. The van der Waals surface area contributed by atoms with Crippen molar-refractivity contribution in [2.24, 2.45) is 4.99 Å². The highest BCUT2D eigenvalue weighted by molar-refractivity contribution is 9.11. The third kappa shape index (κ3) is 1.85. The van der Waals surface area contributed by atoms with Crippen LogP contribution in [0.2, 0.25) is 0 Å². The minimum absolute atomic E-state index is 0.114. The maximum atomic E-state index is 5.72. The van der Waals surface area contributed by atoms with E-state index >= 15 is 0 Å². The van der Waals surface area contributed by atoms with Gasteiger partial charge in [-0.1, -0.05) is 46.3 Å². The van der Waals surface area contributed by atoms with E-state index in [2.05, 4.69) is 39.1 Å². The molecule has 0 saturated carbocycles. The van der Waals surface area contributed by atoms with Gasteiger partial charge in [0.1, 0.15) is 6.10 Å². The lowest BCUT2D eigenvalue weighted by Crippen LogP contribution is -2.13. The molecule has 16 heavy (non-hydrogen) atoms. The molecular weight excluding hydrogens is 266 g/mol. The van der Waals surface area contributed by atoms with Gasteiger partial charge in [0.25, 0.3) is 0 Å². The predicted molar refractivity (Wildman–Crippen MR) is 67.9 cm³/mol. The van der Waals surface area contributed by atoms with Gasteiger partial charge < -0.3 is 4.74 Å². The molecule has 2 heterocycles. The molecule has 0 N–H and O–H groups in total. The molecule has 0 amide bonds. The molecule has 2 aliphatic rings. The highest BCUT2D eigenvalue weighted by Crippen LogP contribution is 2.35. The summed E-state index contributed by atoms with van der Waals surface area (Å²) in [6.07, 6.45) is 3.38. The van der Waals surface area contributed by atoms with Crippen LogP contribution in [0.4, 0.5) is 0 Å². The van der Waals surface area contributed by atoms with Crippen LogP contribution < -0.4 is 0 Å². The van der Waals surface area contributed by atoms with Crippen LogP contribution in [-0.2, 0) is 11.3 Å². The Balaban J connectivity index is 1.72. The molecule has 3 heteroatoms. The van der Waals surface area contributed by atoms with Crippen LogP contribution in [0.15, 0.2) is 45.9 Å². The molecule has 0 radical (unpaired) electrons. The maximum Gasteiger partial charge on any atom is 0.115 e. The van der Waals surface area contributed by atoms with Gasteiger partial charge >= 0.3 is 0 Å². The molecule has 0 aromatic heterocycles. The predicted octanol–water partition coefficient (Wildman–Crippen LogP) is 3.08. The summed E-state index contributed by atoms with van der Waals surface area (Å²) >= 11 is 3.50. The van der Waals surface area contributed by atoms with Gasteiger partial charge in [0.15, 0.2) is 0 Å². The average Bonchev–Trinajstić information content (AvgIpc) is 2.86. The Kier molecular flexibility index (Phi) is 2.65. The Bertz CT molecular complexity index is 452. The second-order valence-corrected chi connectivity index (χ2v) is 5.01. The number of benzene rings is 1. The fourth-order valence-corrected chi connectivity index (χ4v) is 2.60. The van der Waals surface area contributed by atoms with E-state index < -0.39 is 0 Å². The fraction of sp³-hybridized carbons (Fsp3) is 0.308. The summed E-state index contributed by atoms with van der Waals surface area (Å²) in [5, 5.41) is 0. The average molecular weight is 278 g/mol. The minimum Gasteiger partial charge on any atom is -0.359 e. The molecular formula is C13H12BrNO. The van der Waals surface area contributed by atoms with Crippen molar-refractivity contribution in [3.63, 3.8) is 0 Å². The van der Waals surface area contributed by atoms with Gasteiger partial charge in [-0.05, 0) is 11.6 Å². The summed E-state index contributed by atoms with van der Waals surface area (Å²) < 4.78 is 6.89. The zero-order chi connectivity index (χ0) is 11.0. The van der Waals surface area contributed by atoms with E-state index in [0.717, 1.165) is 13.0 Å². The van der Waals surface area contributed by atoms with Gasteiger partial charge in [0, 0.05) is 16.6 Å². The molecule has 0 aliphatic carbocycles. The molecule has 2 nitrogen and oxygen atoms in total. The minimum atomic E-state index is 0.114. The van der Waals surface area contributed by atoms with Crippen molar-refractivity contribution in [3.05, 3.63) is 46.5 Å². The smallest absolute Gasteiger partial charge is 0.115 e. The van der Waals surface area contributed by atoms with Crippen LogP contribution in [-0.4, -0.2) is 17.9 Å². The normalized spacial score (nSPS) is 29.8. The highest BCUT2D eigenvalue weighted by atomic mass is 79.9. The van der Waals surface area contributed by atoms with E-state index in [1.54, 1.807) is 0 Å². The van der Waals surface area contributed by atoms with Crippen molar-refractivity contribution in [1.29, 1.82) is 0 Å². The second-order valence-electron chi connectivity index (χ2n) is 4.09. The van der Waals surface area contributed by atoms with E-state index in [0.29, 0.717) is 0 Å². The van der Waals surface area contributed by atoms with Crippen LogP contribution in [0.25, 0.3) is 0 Å². The number of aliphatic imine (C=N–C) groups is 1. The molecule has 2 bridgehead atoms. The monoisotopic (exact) mass is 277 g/mol. The van der Waals surface area contributed by atoms with E-state index in [-0.39, 0.29) is 12.2 Å². The first-order valence-corrected chi connectivity index (χ1v) is 6.22. The summed E-state index contributed by atoms with van der Waals surface area (Å²) in [6, 6.07) is 10.3. The third-order valence-electron chi connectivity index (χ3n) is 2.96. The Morgan fingerprint density at radius 2 is 2.12 bits per heavy atom. The molecule has 2 unspecified atom stereocenters. The molecule has 1 fully saturated rings. The SMILES string of the molecule is BrC1=CC2OC1CC2=NCc1ccccc1. The summed E-state index contributed by atoms with van der Waals surface area (Å²) in [5.41, 5.74) is 2.43. The Morgan fingerprint density at radius 3 is 2.75 bits per heavy atom. The van der Waals surface area contributed by atoms with Gasteiger partial charge in [0.05, 0.1) is 12.6 Å². The summed E-state index contributed by atoms with van der Waals surface area (Å²) in [6.45, 7) is 0.758. The number of nitrogens with zero attached hydrogens (tertiary/aromatic N) is 1. The highest BCUT2D eigenvalue weighted by Gasteiger charge is 2.37. The molecule has 1 aromatic rings. The topological polar surface area (TPSA) is 21.6 Å². The largest absolute Gasteiger partial charge is 0.359 e. The van der Waals surface area contributed by atoms with Gasteiger partial charge in [-0.2, -0.15) is 0 Å². The van der Waals surface area contributed by atoms with Crippen LogP contribution in [0.1, 0.15) is 12.0 Å². The zero-order valence-electron chi connectivity index (χ0n) is 8.77. The molecule has 1 saturated heterocycles. The number of rotatable bonds is 2. The molecule has 82 valence electrons. The van der Waals surface area contributed by atoms with E-state index in [1.165, 1.54) is 15.8 Å². The number of hydrogen-bond acceptors (Lipinski definition) is 2. The quantitative estimate of drug-likeness (QED) is 0.814. The summed E-state index contributed by atoms with van der Waals surface area (Å²) in [7, 11) is 0. The lowest BCUT2D eigenvalue weighted by atomic mass is 10.1. The van der Waals surface area contributed by atoms with Crippen LogP contribution >= 0.6 is 15.9 Å². The van der Waals surface area contributed by atoms with Crippen LogP contribution in [0.3, 0.4) is 0 Å². The molecule has 2 aliphatic heterocycles. The molecule has 2 atom stereocenters. The second kappa shape index (κ2) is 4.15. The molecule has 3 rings (SSSR count). The first kappa shape index (κ1) is 10.2. The van der Waals surface area contributed by atoms with E-state index in [4.69, 9.17) is 4.74 Å². The number of fused-ring (bicyclic) bond motifs is 2. The van der Waals surface area contributed by atoms with Crippen molar-refractivity contribution in [1.82, 2.24) is 0 Å². The fourth-order valence-electron chi connectivity index (χ4n) is 2.09. The van der Waals surface area contributed by atoms with Crippen LogP contribution in [0, 0.1) is 0 Å². The van der Waals surface area contributed by atoms with Crippen molar-refractivity contribution < 1.29 is 4.74 Å². The van der Waals surface area contributed by atoms with Crippen LogP contribution in [0.5, 0.6) is 0 Å². The Morgan fingerprint density at radius 1 is 1.31 bits per heavy atom. The molecule has 1 aromatic carbocycles. The lowest BCUT2D eigenvalue weighted by Gasteiger charge is -2.06. The summed E-state index contributed by atoms with van der Waals surface area (Å²) in [5.74, 6) is 0. The van der Waals surface area contributed by atoms with Crippen molar-refractivity contribution in [2.45, 2.75) is 25.2 Å². The first-order valence-electron chi connectivity index (χ1n) is 5.43. The maximum absolute atomic E-state index is 5.72. The van der Waals surface area contributed by atoms with Gasteiger partial charge in [0.2, 0.25) is 0 Å². The Labute approximate surface area is 103 Å². The van der Waals surface area contributed by atoms with Gasteiger partial charge in [-0.3, -0.25) is 4.99 Å². The van der Waals surface area contributed by atoms with Crippen molar-refractivity contribution in [3.8, 4) is 0 Å².